The first-order chi connectivity index (χ1) is 8.25. The molecule has 0 aromatic carbocycles. The van der Waals surface area contributed by atoms with E-state index >= 15 is 0 Å². The normalized spacial score (nSPS) is 11.1. The molecule has 6 nitrogen and oxygen atoms in total. The SMILES string of the molecule is Cn1nccc1Cn1c(N)nc2cnccc21. The van der Waals surface area contributed by atoms with Gasteiger partial charge in [-0.3, -0.25) is 9.67 Å². The van der Waals surface area contributed by atoms with Crippen LogP contribution in [0, 0.1) is 0 Å². The minimum absolute atomic E-state index is 0.495. The lowest BCUT2D eigenvalue weighted by atomic mass is 10.3. The fourth-order valence-electron chi connectivity index (χ4n) is 1.88. The molecule has 0 spiro atoms. The summed E-state index contributed by atoms with van der Waals surface area (Å²) >= 11 is 0. The van der Waals surface area contributed by atoms with Crippen LogP contribution >= 0.6 is 0 Å². The first-order valence-electron chi connectivity index (χ1n) is 5.28. The molecule has 0 fully saturated rings. The quantitative estimate of drug-likeness (QED) is 0.703. The predicted octanol–water partition coefficient (Wildman–Crippen LogP) is 0.795. The summed E-state index contributed by atoms with van der Waals surface area (Å²) in [5, 5.41) is 4.14. The minimum atomic E-state index is 0.495. The third kappa shape index (κ3) is 1.54. The van der Waals surface area contributed by atoms with E-state index in [2.05, 4.69) is 15.1 Å². The maximum absolute atomic E-state index is 5.91. The monoisotopic (exact) mass is 228 g/mol. The average molecular weight is 228 g/mol. The Kier molecular flexibility index (Phi) is 2.07. The van der Waals surface area contributed by atoms with E-state index in [4.69, 9.17) is 5.73 Å². The molecule has 3 aromatic heterocycles. The molecule has 0 aliphatic rings. The van der Waals surface area contributed by atoms with E-state index in [1.165, 1.54) is 0 Å². The number of nitrogens with two attached hydrogens (primary N) is 1. The van der Waals surface area contributed by atoms with Crippen molar-refractivity contribution in [1.29, 1.82) is 0 Å². The molecule has 0 saturated heterocycles. The summed E-state index contributed by atoms with van der Waals surface area (Å²) in [6, 6.07) is 3.88. The molecule has 3 heterocycles. The van der Waals surface area contributed by atoms with Crippen LogP contribution in [0.5, 0.6) is 0 Å². The molecule has 0 atom stereocenters. The summed E-state index contributed by atoms with van der Waals surface area (Å²) in [4.78, 5) is 8.30. The van der Waals surface area contributed by atoms with Crippen LogP contribution in [-0.4, -0.2) is 24.3 Å². The van der Waals surface area contributed by atoms with Gasteiger partial charge in [-0.1, -0.05) is 0 Å². The van der Waals surface area contributed by atoms with Gasteiger partial charge in [0.25, 0.3) is 0 Å². The van der Waals surface area contributed by atoms with Crippen molar-refractivity contribution in [3.8, 4) is 0 Å². The van der Waals surface area contributed by atoms with Gasteiger partial charge in [-0.15, -0.1) is 0 Å². The van der Waals surface area contributed by atoms with Gasteiger partial charge >= 0.3 is 0 Å². The molecule has 6 heteroatoms. The second kappa shape index (κ2) is 3.58. The molecule has 0 unspecified atom stereocenters. The number of pyridine rings is 1. The van der Waals surface area contributed by atoms with Crippen molar-refractivity contribution >= 4 is 17.0 Å². The summed E-state index contributed by atoms with van der Waals surface area (Å²) in [7, 11) is 1.91. The topological polar surface area (TPSA) is 74.5 Å². The molecule has 2 N–H and O–H groups in total. The number of hydrogen-bond acceptors (Lipinski definition) is 4. The Morgan fingerprint density at radius 1 is 1.29 bits per heavy atom. The number of nitrogens with zero attached hydrogens (tertiary/aromatic N) is 5. The van der Waals surface area contributed by atoms with Gasteiger partial charge in [-0.05, 0) is 12.1 Å². The number of anilines is 1. The van der Waals surface area contributed by atoms with Crippen molar-refractivity contribution in [2.75, 3.05) is 5.73 Å². The number of aryl methyl sites for hydroxylation is 1. The van der Waals surface area contributed by atoms with Gasteiger partial charge in [-0.25, -0.2) is 4.98 Å². The van der Waals surface area contributed by atoms with Crippen molar-refractivity contribution < 1.29 is 0 Å². The molecule has 3 aromatic rings. The maximum Gasteiger partial charge on any atom is 0.201 e. The number of nitrogen functional groups attached to an aromatic ring is 1. The lowest BCUT2D eigenvalue weighted by Crippen LogP contribution is -2.08. The van der Waals surface area contributed by atoms with Crippen LogP contribution in [0.1, 0.15) is 5.69 Å². The molecule has 86 valence electrons. The first kappa shape index (κ1) is 9.83. The zero-order chi connectivity index (χ0) is 11.8. The Morgan fingerprint density at radius 3 is 2.94 bits per heavy atom. The van der Waals surface area contributed by atoms with Crippen LogP contribution in [-0.2, 0) is 13.6 Å². The van der Waals surface area contributed by atoms with Gasteiger partial charge in [0.15, 0.2) is 0 Å². The van der Waals surface area contributed by atoms with Crippen molar-refractivity contribution in [3.63, 3.8) is 0 Å². The van der Waals surface area contributed by atoms with Gasteiger partial charge in [0, 0.05) is 19.4 Å². The van der Waals surface area contributed by atoms with E-state index in [0.29, 0.717) is 12.5 Å². The van der Waals surface area contributed by atoms with Gasteiger partial charge in [0.1, 0.15) is 5.52 Å². The lowest BCUT2D eigenvalue weighted by Gasteiger charge is -2.06. The Bertz CT molecular complexity index is 665. The second-order valence-electron chi connectivity index (χ2n) is 3.87. The highest BCUT2D eigenvalue weighted by Gasteiger charge is 2.09. The highest BCUT2D eigenvalue weighted by molar-refractivity contribution is 5.77. The molecule has 3 rings (SSSR count). The van der Waals surface area contributed by atoms with Crippen LogP contribution in [0.3, 0.4) is 0 Å². The zero-order valence-corrected chi connectivity index (χ0v) is 9.41. The van der Waals surface area contributed by atoms with Gasteiger partial charge in [0.2, 0.25) is 5.95 Å². The van der Waals surface area contributed by atoms with E-state index in [-0.39, 0.29) is 0 Å². The van der Waals surface area contributed by atoms with E-state index in [9.17, 15) is 0 Å². The van der Waals surface area contributed by atoms with E-state index in [0.717, 1.165) is 16.7 Å². The molecule has 0 amide bonds. The highest BCUT2D eigenvalue weighted by Crippen LogP contribution is 2.17. The van der Waals surface area contributed by atoms with Gasteiger partial charge in [0.05, 0.1) is 24.0 Å². The van der Waals surface area contributed by atoms with E-state index in [1.54, 1.807) is 18.6 Å². The first-order valence-corrected chi connectivity index (χ1v) is 5.28. The molecular formula is C11H12N6. The van der Waals surface area contributed by atoms with Crippen molar-refractivity contribution in [1.82, 2.24) is 24.3 Å². The number of hydrogen-bond donors (Lipinski definition) is 1. The average Bonchev–Trinajstić information content (AvgIpc) is 2.85. The third-order valence-electron chi connectivity index (χ3n) is 2.82. The van der Waals surface area contributed by atoms with Gasteiger partial charge in [-0.2, -0.15) is 5.10 Å². The summed E-state index contributed by atoms with van der Waals surface area (Å²) in [5.74, 6) is 0.495. The fraction of sp³-hybridized carbons (Fsp3) is 0.182. The molecule has 17 heavy (non-hydrogen) atoms. The van der Waals surface area contributed by atoms with Gasteiger partial charge < -0.3 is 10.3 Å². The molecule has 0 aliphatic heterocycles. The molecule has 0 bridgehead atoms. The highest BCUT2D eigenvalue weighted by atomic mass is 15.3. The number of rotatable bonds is 2. The summed E-state index contributed by atoms with van der Waals surface area (Å²) in [5.41, 5.74) is 8.79. The van der Waals surface area contributed by atoms with Crippen LogP contribution in [0.25, 0.3) is 11.0 Å². The molecule has 0 saturated carbocycles. The molecule has 0 radical (unpaired) electrons. The van der Waals surface area contributed by atoms with Crippen LogP contribution in [0.15, 0.2) is 30.7 Å². The summed E-state index contributed by atoms with van der Waals surface area (Å²) in [6.07, 6.45) is 5.22. The van der Waals surface area contributed by atoms with Crippen LogP contribution < -0.4 is 5.73 Å². The number of aromatic nitrogens is 5. The standard InChI is InChI=1S/C11H12N6/c1-16-8(2-5-14-16)7-17-10-3-4-13-6-9(10)15-11(17)12/h2-6H,7H2,1H3,(H2,12,15). The molecule has 0 aliphatic carbocycles. The minimum Gasteiger partial charge on any atom is -0.369 e. The fourth-order valence-corrected chi connectivity index (χ4v) is 1.88. The number of imidazole rings is 1. The smallest absolute Gasteiger partial charge is 0.201 e. The van der Waals surface area contributed by atoms with E-state index < -0.39 is 0 Å². The third-order valence-corrected chi connectivity index (χ3v) is 2.82. The second-order valence-corrected chi connectivity index (χ2v) is 3.87. The largest absolute Gasteiger partial charge is 0.369 e. The predicted molar refractivity (Wildman–Crippen MR) is 64.3 cm³/mol. The molecular weight excluding hydrogens is 216 g/mol. The maximum atomic E-state index is 5.91. The Labute approximate surface area is 97.7 Å². The van der Waals surface area contributed by atoms with Crippen molar-refractivity contribution in [2.45, 2.75) is 6.54 Å². The van der Waals surface area contributed by atoms with E-state index in [1.807, 2.05) is 28.4 Å². The van der Waals surface area contributed by atoms with Crippen LogP contribution in [0.2, 0.25) is 0 Å². The van der Waals surface area contributed by atoms with Crippen molar-refractivity contribution in [2.24, 2.45) is 7.05 Å². The Morgan fingerprint density at radius 2 is 2.18 bits per heavy atom. The van der Waals surface area contributed by atoms with Crippen molar-refractivity contribution in [3.05, 3.63) is 36.4 Å². The summed E-state index contributed by atoms with van der Waals surface area (Å²) in [6.45, 7) is 0.656. The Hall–Kier alpha value is -2.37. The summed E-state index contributed by atoms with van der Waals surface area (Å²) < 4.78 is 3.78. The lowest BCUT2D eigenvalue weighted by molar-refractivity contribution is 0.678. The number of fused-ring (bicyclic) bond motifs is 1. The zero-order valence-electron chi connectivity index (χ0n) is 9.41. The van der Waals surface area contributed by atoms with Crippen LogP contribution in [0.4, 0.5) is 5.95 Å². The Balaban J connectivity index is 2.11.